The van der Waals surface area contributed by atoms with Crippen LogP contribution in [0.3, 0.4) is 0 Å². The van der Waals surface area contributed by atoms with Crippen molar-refractivity contribution in [1.82, 2.24) is 9.97 Å². The molecule has 2 aromatic heterocycles. The summed E-state index contributed by atoms with van der Waals surface area (Å²) in [5, 5.41) is 4.34. The zero-order chi connectivity index (χ0) is 25.3. The first-order valence-electron chi connectivity index (χ1n) is 11.4. The zero-order valence-electron chi connectivity index (χ0n) is 19.1. The number of hydrogen-bond acceptors (Lipinski definition) is 5. The van der Waals surface area contributed by atoms with Gasteiger partial charge in [0, 0.05) is 35.6 Å². The number of amides is 1. The van der Waals surface area contributed by atoms with E-state index in [0.29, 0.717) is 40.6 Å². The largest absolute Gasteiger partial charge is 0.322 e. The molecule has 0 spiro atoms. The molecule has 0 atom stereocenters. The second kappa shape index (κ2) is 10.0. The van der Waals surface area contributed by atoms with Crippen molar-refractivity contribution in [1.29, 1.82) is 0 Å². The third kappa shape index (κ3) is 4.89. The van der Waals surface area contributed by atoms with Gasteiger partial charge in [0.15, 0.2) is 0 Å². The summed E-state index contributed by atoms with van der Waals surface area (Å²) in [6.45, 7) is 0.398. The third-order valence-electron chi connectivity index (χ3n) is 6.09. The average Bonchev–Trinajstić information content (AvgIpc) is 3.04. The van der Waals surface area contributed by atoms with E-state index in [1.807, 2.05) is 18.2 Å². The predicted molar refractivity (Wildman–Crippen MR) is 144 cm³/mol. The molecule has 2 aromatic carbocycles. The molecule has 1 fully saturated rings. The fourth-order valence-electron chi connectivity index (χ4n) is 4.30. The Morgan fingerprint density at radius 1 is 0.917 bits per heavy atom. The molecular weight excluding hydrogens is 519 g/mol. The summed E-state index contributed by atoms with van der Waals surface area (Å²) in [6, 6.07) is 15.4. The number of halogens is 2. The topological polar surface area (TPSA) is 92.3 Å². The molecule has 10 heteroatoms. The number of nitrogens with zero attached hydrogens (tertiary/aromatic N) is 3. The van der Waals surface area contributed by atoms with Crippen LogP contribution in [-0.4, -0.2) is 36.6 Å². The van der Waals surface area contributed by atoms with E-state index in [1.165, 1.54) is 10.4 Å². The number of fused-ring (bicyclic) bond motifs is 1. The maximum atomic E-state index is 13.1. The molecule has 1 amide bonds. The lowest BCUT2D eigenvalue weighted by Crippen LogP contribution is -2.32. The van der Waals surface area contributed by atoms with E-state index >= 15 is 0 Å². The van der Waals surface area contributed by atoms with Gasteiger partial charge in [0.1, 0.15) is 0 Å². The smallest absolute Gasteiger partial charge is 0.257 e. The van der Waals surface area contributed by atoms with Crippen LogP contribution in [0.25, 0.3) is 22.2 Å². The number of carbonyl (C=O) groups excluding carboxylic acids is 1. The summed E-state index contributed by atoms with van der Waals surface area (Å²) >= 11 is 12.9. The van der Waals surface area contributed by atoms with Crippen molar-refractivity contribution in [2.75, 3.05) is 21.9 Å². The highest BCUT2D eigenvalue weighted by Gasteiger charge is 2.25. The Hall–Kier alpha value is -3.20. The van der Waals surface area contributed by atoms with Gasteiger partial charge in [0.2, 0.25) is 10.0 Å². The molecule has 184 valence electrons. The number of anilines is 2. The van der Waals surface area contributed by atoms with Crippen LogP contribution in [-0.2, 0) is 10.0 Å². The zero-order valence-corrected chi connectivity index (χ0v) is 21.4. The predicted octanol–water partition coefficient (Wildman–Crippen LogP) is 6.18. The highest BCUT2D eigenvalue weighted by molar-refractivity contribution is 7.92. The Balaban J connectivity index is 1.42. The van der Waals surface area contributed by atoms with E-state index in [-0.39, 0.29) is 16.3 Å². The van der Waals surface area contributed by atoms with Gasteiger partial charge in [-0.1, -0.05) is 29.6 Å². The fourth-order valence-corrected chi connectivity index (χ4v) is 6.40. The van der Waals surface area contributed by atoms with Gasteiger partial charge in [-0.25, -0.2) is 8.42 Å². The van der Waals surface area contributed by atoms with Crippen LogP contribution >= 0.6 is 23.2 Å². The lowest BCUT2D eigenvalue weighted by Gasteiger charge is -2.22. The van der Waals surface area contributed by atoms with Crippen molar-refractivity contribution >= 4 is 61.4 Å². The number of hydrogen-bond donors (Lipinski definition) is 1. The maximum absolute atomic E-state index is 13.1. The van der Waals surface area contributed by atoms with Crippen molar-refractivity contribution in [2.45, 2.75) is 19.3 Å². The molecule has 0 bridgehead atoms. The highest BCUT2D eigenvalue weighted by Crippen LogP contribution is 2.34. The molecule has 0 unspecified atom stereocenters. The quantitative estimate of drug-likeness (QED) is 0.333. The fraction of sp³-hybridized carbons (Fsp3) is 0.192. The van der Waals surface area contributed by atoms with E-state index in [2.05, 4.69) is 15.3 Å². The van der Waals surface area contributed by atoms with Crippen LogP contribution in [0.4, 0.5) is 11.4 Å². The van der Waals surface area contributed by atoms with Gasteiger partial charge < -0.3 is 5.32 Å². The van der Waals surface area contributed by atoms with Crippen molar-refractivity contribution in [2.24, 2.45) is 0 Å². The molecular formula is C26H22Cl2N4O3S. The van der Waals surface area contributed by atoms with E-state index in [1.54, 1.807) is 42.7 Å². The number of nitrogens with one attached hydrogen (secondary N) is 1. The van der Waals surface area contributed by atoms with Crippen molar-refractivity contribution in [3.8, 4) is 11.3 Å². The molecule has 0 aliphatic carbocycles. The molecule has 36 heavy (non-hydrogen) atoms. The minimum atomic E-state index is -3.41. The minimum absolute atomic E-state index is 0.105. The number of carbonyl (C=O) groups is 1. The normalized spacial score (nSPS) is 15.4. The molecule has 0 radical (unpaired) electrons. The molecule has 7 nitrogen and oxygen atoms in total. The van der Waals surface area contributed by atoms with Crippen molar-refractivity contribution in [3.63, 3.8) is 0 Å². The Morgan fingerprint density at radius 2 is 1.78 bits per heavy atom. The summed E-state index contributed by atoms with van der Waals surface area (Å²) in [7, 11) is -3.41. The second-order valence-corrected chi connectivity index (χ2v) is 11.3. The van der Waals surface area contributed by atoms with Gasteiger partial charge in [0.05, 0.1) is 38.3 Å². The van der Waals surface area contributed by atoms with E-state index in [0.717, 1.165) is 23.7 Å². The van der Waals surface area contributed by atoms with Gasteiger partial charge in [-0.3, -0.25) is 19.1 Å². The van der Waals surface area contributed by atoms with Crippen LogP contribution < -0.4 is 9.62 Å². The van der Waals surface area contributed by atoms with Crippen molar-refractivity contribution < 1.29 is 13.2 Å². The van der Waals surface area contributed by atoms with Crippen LogP contribution in [0, 0.1) is 0 Å². The number of pyridine rings is 2. The van der Waals surface area contributed by atoms with E-state index in [4.69, 9.17) is 23.2 Å². The Morgan fingerprint density at radius 3 is 2.61 bits per heavy atom. The lowest BCUT2D eigenvalue weighted by atomic mass is 10.1. The van der Waals surface area contributed by atoms with Gasteiger partial charge in [0.25, 0.3) is 5.91 Å². The Kier molecular flexibility index (Phi) is 6.83. The van der Waals surface area contributed by atoms with E-state index < -0.39 is 15.9 Å². The number of benzene rings is 2. The van der Waals surface area contributed by atoms with Crippen molar-refractivity contribution in [3.05, 3.63) is 82.6 Å². The van der Waals surface area contributed by atoms with Crippen LogP contribution in [0.1, 0.15) is 29.6 Å². The second-order valence-electron chi connectivity index (χ2n) is 8.49. The monoisotopic (exact) mass is 540 g/mol. The van der Waals surface area contributed by atoms with Crippen LogP contribution in [0.2, 0.25) is 10.0 Å². The van der Waals surface area contributed by atoms with Crippen LogP contribution in [0.15, 0.2) is 67.0 Å². The minimum Gasteiger partial charge on any atom is -0.322 e. The first-order chi connectivity index (χ1) is 17.3. The molecule has 1 aliphatic rings. The summed E-state index contributed by atoms with van der Waals surface area (Å²) in [6.07, 6.45) is 5.65. The Labute approximate surface area is 219 Å². The molecule has 3 heterocycles. The molecule has 1 N–H and O–H groups in total. The molecule has 4 aromatic rings. The maximum Gasteiger partial charge on any atom is 0.257 e. The van der Waals surface area contributed by atoms with E-state index in [9.17, 15) is 13.2 Å². The van der Waals surface area contributed by atoms with Gasteiger partial charge >= 0.3 is 0 Å². The lowest BCUT2D eigenvalue weighted by molar-refractivity contribution is 0.102. The van der Waals surface area contributed by atoms with Gasteiger partial charge in [-0.05, 0) is 67.4 Å². The summed E-state index contributed by atoms with van der Waals surface area (Å²) < 4.78 is 26.6. The highest BCUT2D eigenvalue weighted by atomic mass is 35.5. The summed E-state index contributed by atoms with van der Waals surface area (Å²) in [5.41, 5.74) is 3.30. The molecule has 1 aliphatic heterocycles. The average molecular weight is 541 g/mol. The first-order valence-corrected chi connectivity index (χ1v) is 13.8. The number of sulfonamides is 1. The molecule has 0 saturated carbocycles. The molecule has 1 saturated heterocycles. The van der Waals surface area contributed by atoms with Gasteiger partial charge in [-0.15, -0.1) is 0 Å². The first kappa shape index (κ1) is 24.5. The summed E-state index contributed by atoms with van der Waals surface area (Å²) in [4.78, 5) is 21.9. The Bertz CT molecular complexity index is 1570. The van der Waals surface area contributed by atoms with Gasteiger partial charge in [-0.2, -0.15) is 0 Å². The number of rotatable bonds is 4. The molecule has 5 rings (SSSR count). The third-order valence-corrected chi connectivity index (χ3v) is 8.61. The van der Waals surface area contributed by atoms with Crippen LogP contribution in [0.5, 0.6) is 0 Å². The summed E-state index contributed by atoms with van der Waals surface area (Å²) in [5.74, 6) is -0.320. The standard InChI is InChI=1S/C26H22Cl2N4O3S/c27-22-9-6-17(15-21(22)25-20-5-4-11-29-24(20)10-12-30-25)31-26(33)19-8-7-18(16-23(19)28)32-13-2-1-3-14-36(32,34)35/h4-12,15-16H,1-3,13-14H2,(H,31,33). The SMILES string of the molecule is O=C(Nc1ccc(Cl)c(-c2nccc3ncccc23)c1)c1ccc(N2CCCCCS2(=O)=O)cc1Cl. The number of aromatic nitrogens is 2.